The van der Waals surface area contributed by atoms with Crippen LogP contribution >= 0.6 is 11.3 Å². The molecule has 3 aromatic rings. The van der Waals surface area contributed by atoms with Crippen LogP contribution in [0.25, 0.3) is 10.2 Å². The zero-order chi connectivity index (χ0) is 14.1. The minimum atomic E-state index is -0.472. The number of thiophene rings is 1. The molecule has 0 aliphatic carbocycles. The van der Waals surface area contributed by atoms with Crippen molar-refractivity contribution in [2.45, 2.75) is 6.92 Å². The minimum Gasteiger partial charge on any atom is -0.366 e. The van der Waals surface area contributed by atoms with Crippen LogP contribution in [0.2, 0.25) is 0 Å². The van der Waals surface area contributed by atoms with Crippen LogP contribution in [0.5, 0.6) is 0 Å². The number of aryl methyl sites for hydroxylation is 1. The Labute approximate surface area is 119 Å². The first kappa shape index (κ1) is 12.6. The molecule has 0 fully saturated rings. The number of hydrogen-bond acceptors (Lipinski definition) is 5. The summed E-state index contributed by atoms with van der Waals surface area (Å²) in [5.41, 5.74) is 7.56. The number of rotatable bonds is 3. The number of nitrogens with one attached hydrogen (secondary N) is 1. The van der Waals surface area contributed by atoms with Gasteiger partial charge in [0.15, 0.2) is 0 Å². The highest BCUT2D eigenvalue weighted by Gasteiger charge is 2.12. The highest BCUT2D eigenvalue weighted by atomic mass is 32.1. The Bertz CT molecular complexity index is 797. The van der Waals surface area contributed by atoms with E-state index in [1.165, 1.54) is 6.33 Å². The largest absolute Gasteiger partial charge is 0.366 e. The molecular formula is C14H12N4OS. The Morgan fingerprint density at radius 1 is 1.30 bits per heavy atom. The molecule has 2 aromatic heterocycles. The van der Waals surface area contributed by atoms with E-state index in [9.17, 15) is 4.79 Å². The molecular weight excluding hydrogens is 272 g/mol. The average Bonchev–Trinajstić information content (AvgIpc) is 2.82. The van der Waals surface area contributed by atoms with Gasteiger partial charge in [0, 0.05) is 0 Å². The SMILES string of the molecule is Cc1csc2ncnc(Nc3ccccc3C(N)=O)c12. The molecule has 5 nitrogen and oxygen atoms in total. The Morgan fingerprint density at radius 2 is 2.10 bits per heavy atom. The molecule has 0 aliphatic rings. The second-order valence-electron chi connectivity index (χ2n) is 4.36. The second kappa shape index (κ2) is 4.90. The van der Waals surface area contributed by atoms with Crippen molar-refractivity contribution in [3.63, 3.8) is 0 Å². The Balaban J connectivity index is 2.10. The van der Waals surface area contributed by atoms with Crippen LogP contribution < -0.4 is 11.1 Å². The second-order valence-corrected chi connectivity index (χ2v) is 5.21. The third kappa shape index (κ3) is 2.10. The third-order valence-electron chi connectivity index (χ3n) is 3.00. The predicted molar refractivity (Wildman–Crippen MR) is 80.4 cm³/mol. The van der Waals surface area contributed by atoms with Gasteiger partial charge in [0.1, 0.15) is 17.0 Å². The molecule has 0 atom stereocenters. The Kier molecular flexibility index (Phi) is 3.08. The number of amides is 1. The predicted octanol–water partition coefficient (Wildman–Crippen LogP) is 2.84. The van der Waals surface area contributed by atoms with Crippen LogP contribution in [0.15, 0.2) is 36.0 Å². The summed E-state index contributed by atoms with van der Waals surface area (Å²) < 4.78 is 0. The zero-order valence-corrected chi connectivity index (χ0v) is 11.6. The number of primary amides is 1. The molecule has 3 N–H and O–H groups in total. The van der Waals surface area contributed by atoms with Crippen LogP contribution in [-0.4, -0.2) is 15.9 Å². The van der Waals surface area contributed by atoms with Gasteiger partial charge < -0.3 is 11.1 Å². The van der Waals surface area contributed by atoms with Gasteiger partial charge >= 0.3 is 0 Å². The number of carbonyl (C=O) groups excluding carboxylic acids is 1. The van der Waals surface area contributed by atoms with Crippen molar-refractivity contribution in [1.29, 1.82) is 0 Å². The highest BCUT2D eigenvalue weighted by molar-refractivity contribution is 7.17. The number of hydrogen-bond donors (Lipinski definition) is 2. The smallest absolute Gasteiger partial charge is 0.250 e. The monoisotopic (exact) mass is 284 g/mol. The average molecular weight is 284 g/mol. The van der Waals surface area contributed by atoms with Gasteiger partial charge in [0.05, 0.1) is 16.6 Å². The molecule has 6 heteroatoms. The number of anilines is 2. The summed E-state index contributed by atoms with van der Waals surface area (Å²) >= 11 is 1.57. The van der Waals surface area contributed by atoms with E-state index >= 15 is 0 Å². The van der Waals surface area contributed by atoms with E-state index in [0.717, 1.165) is 15.8 Å². The lowest BCUT2D eigenvalue weighted by molar-refractivity contribution is 0.100. The van der Waals surface area contributed by atoms with Gasteiger partial charge in [-0.2, -0.15) is 0 Å². The fourth-order valence-corrected chi connectivity index (χ4v) is 2.94. The lowest BCUT2D eigenvalue weighted by atomic mass is 10.1. The molecule has 2 heterocycles. The summed E-state index contributed by atoms with van der Waals surface area (Å²) in [6.45, 7) is 2.01. The molecule has 0 saturated heterocycles. The van der Waals surface area contributed by atoms with Crippen LogP contribution in [0, 0.1) is 6.92 Å². The molecule has 1 aromatic carbocycles. The molecule has 0 radical (unpaired) electrons. The van der Waals surface area contributed by atoms with Crippen LogP contribution in [0.1, 0.15) is 15.9 Å². The van der Waals surface area contributed by atoms with Gasteiger partial charge in [-0.25, -0.2) is 9.97 Å². The van der Waals surface area contributed by atoms with E-state index in [-0.39, 0.29) is 0 Å². The van der Waals surface area contributed by atoms with Gasteiger partial charge in [-0.3, -0.25) is 4.79 Å². The van der Waals surface area contributed by atoms with Crippen molar-refractivity contribution >= 4 is 39.0 Å². The number of aromatic nitrogens is 2. The number of nitrogens with zero attached hydrogens (tertiary/aromatic N) is 2. The van der Waals surface area contributed by atoms with E-state index in [1.54, 1.807) is 29.5 Å². The molecule has 3 rings (SSSR count). The summed E-state index contributed by atoms with van der Waals surface area (Å²) in [5.74, 6) is 0.211. The van der Waals surface area contributed by atoms with Gasteiger partial charge in [0.2, 0.25) is 0 Å². The van der Waals surface area contributed by atoms with Crippen LogP contribution in [0.4, 0.5) is 11.5 Å². The number of fused-ring (bicyclic) bond motifs is 1. The summed E-state index contributed by atoms with van der Waals surface area (Å²) in [4.78, 5) is 20.9. The molecule has 100 valence electrons. The molecule has 1 amide bonds. The maximum atomic E-state index is 11.4. The van der Waals surface area contributed by atoms with Crippen molar-refractivity contribution < 1.29 is 4.79 Å². The summed E-state index contributed by atoms with van der Waals surface area (Å²) in [5, 5.41) is 6.18. The van der Waals surface area contributed by atoms with E-state index in [0.29, 0.717) is 17.1 Å². The lowest BCUT2D eigenvalue weighted by Gasteiger charge is -2.10. The quantitative estimate of drug-likeness (QED) is 0.775. The zero-order valence-electron chi connectivity index (χ0n) is 10.8. The molecule has 20 heavy (non-hydrogen) atoms. The molecule has 0 spiro atoms. The highest BCUT2D eigenvalue weighted by Crippen LogP contribution is 2.30. The van der Waals surface area contributed by atoms with Gasteiger partial charge in [-0.05, 0) is 30.0 Å². The number of nitrogens with two attached hydrogens (primary N) is 1. The normalized spacial score (nSPS) is 10.7. The van der Waals surface area contributed by atoms with Crippen molar-refractivity contribution in [3.05, 3.63) is 47.1 Å². The van der Waals surface area contributed by atoms with Crippen molar-refractivity contribution in [2.75, 3.05) is 5.32 Å². The minimum absolute atomic E-state index is 0.437. The van der Waals surface area contributed by atoms with Gasteiger partial charge in [-0.1, -0.05) is 12.1 Å². The van der Waals surface area contributed by atoms with Gasteiger partial charge in [-0.15, -0.1) is 11.3 Å². The number of benzene rings is 1. The van der Waals surface area contributed by atoms with Crippen molar-refractivity contribution in [3.8, 4) is 0 Å². The fourth-order valence-electron chi connectivity index (χ4n) is 2.05. The van der Waals surface area contributed by atoms with E-state index in [4.69, 9.17) is 5.73 Å². The maximum absolute atomic E-state index is 11.4. The van der Waals surface area contributed by atoms with E-state index in [2.05, 4.69) is 15.3 Å². The molecule has 0 bridgehead atoms. The summed E-state index contributed by atoms with van der Waals surface area (Å²) in [7, 11) is 0. The summed E-state index contributed by atoms with van der Waals surface area (Å²) in [6, 6.07) is 7.10. The maximum Gasteiger partial charge on any atom is 0.250 e. The van der Waals surface area contributed by atoms with E-state index < -0.39 is 5.91 Å². The Morgan fingerprint density at radius 3 is 2.90 bits per heavy atom. The van der Waals surface area contributed by atoms with Crippen molar-refractivity contribution in [1.82, 2.24) is 9.97 Å². The fraction of sp³-hybridized carbons (Fsp3) is 0.0714. The topological polar surface area (TPSA) is 80.9 Å². The Hall–Kier alpha value is -2.47. The number of carbonyl (C=O) groups is 1. The van der Waals surface area contributed by atoms with Crippen molar-refractivity contribution in [2.24, 2.45) is 5.73 Å². The van der Waals surface area contributed by atoms with E-state index in [1.807, 2.05) is 18.4 Å². The first-order chi connectivity index (χ1) is 9.66. The first-order valence-corrected chi connectivity index (χ1v) is 6.89. The first-order valence-electron chi connectivity index (χ1n) is 6.01. The number of para-hydroxylation sites is 1. The lowest BCUT2D eigenvalue weighted by Crippen LogP contribution is -2.13. The van der Waals surface area contributed by atoms with Gasteiger partial charge in [0.25, 0.3) is 5.91 Å². The van der Waals surface area contributed by atoms with Crippen LogP contribution in [-0.2, 0) is 0 Å². The summed E-state index contributed by atoms with van der Waals surface area (Å²) in [6.07, 6.45) is 1.51. The third-order valence-corrected chi connectivity index (χ3v) is 4.00. The van der Waals surface area contributed by atoms with Crippen LogP contribution in [0.3, 0.4) is 0 Å². The molecule has 0 aliphatic heterocycles. The molecule has 0 unspecified atom stereocenters. The standard InChI is InChI=1S/C14H12N4OS/c1-8-6-20-14-11(8)13(16-7-17-14)18-10-5-3-2-4-9(10)12(15)19/h2-7H,1H3,(H2,15,19)(H,16,17,18). The molecule has 0 saturated carbocycles.